The fourth-order valence-corrected chi connectivity index (χ4v) is 4.76. The SMILES string of the molecule is Cc1ccc(N2C(=O)C[C@H]([C@@H]3CCCC=C3N3CCOCC3)C2=O)c(C)c1. The third-order valence-electron chi connectivity index (χ3n) is 6.09. The second-order valence-corrected chi connectivity index (χ2v) is 7.93. The summed E-state index contributed by atoms with van der Waals surface area (Å²) in [6, 6.07) is 5.90. The van der Waals surface area contributed by atoms with E-state index in [9.17, 15) is 9.59 Å². The zero-order valence-corrected chi connectivity index (χ0v) is 16.2. The zero-order chi connectivity index (χ0) is 19.0. The molecule has 1 aromatic rings. The molecule has 2 heterocycles. The Morgan fingerprint density at radius 2 is 1.85 bits per heavy atom. The maximum atomic E-state index is 13.3. The lowest BCUT2D eigenvalue weighted by Gasteiger charge is -2.38. The van der Waals surface area contributed by atoms with Gasteiger partial charge >= 0.3 is 0 Å². The van der Waals surface area contributed by atoms with Crippen molar-refractivity contribution in [3.63, 3.8) is 0 Å². The minimum absolute atomic E-state index is 0.0296. The fourth-order valence-electron chi connectivity index (χ4n) is 4.76. The third-order valence-corrected chi connectivity index (χ3v) is 6.09. The normalized spacial score (nSPS) is 26.5. The molecule has 2 amide bonds. The number of carbonyl (C=O) groups excluding carboxylic acids is 2. The molecule has 3 aliphatic rings. The number of allylic oxidation sites excluding steroid dienone is 2. The Morgan fingerprint density at radius 1 is 1.07 bits per heavy atom. The number of imide groups is 1. The van der Waals surface area contributed by atoms with E-state index >= 15 is 0 Å². The summed E-state index contributed by atoms with van der Waals surface area (Å²) in [6.45, 7) is 7.20. The van der Waals surface area contributed by atoms with Crippen molar-refractivity contribution >= 4 is 17.5 Å². The number of hydrogen-bond acceptors (Lipinski definition) is 4. The van der Waals surface area contributed by atoms with E-state index in [4.69, 9.17) is 4.74 Å². The van der Waals surface area contributed by atoms with Gasteiger partial charge in [-0.05, 0) is 44.7 Å². The molecule has 2 fully saturated rings. The molecular weight excluding hydrogens is 340 g/mol. The Morgan fingerprint density at radius 3 is 2.59 bits per heavy atom. The Bertz CT molecular complexity index is 780. The first-order chi connectivity index (χ1) is 13.1. The molecule has 27 heavy (non-hydrogen) atoms. The molecule has 1 aliphatic carbocycles. The van der Waals surface area contributed by atoms with E-state index < -0.39 is 0 Å². The first kappa shape index (κ1) is 18.2. The van der Waals surface area contributed by atoms with Crippen LogP contribution in [0.4, 0.5) is 5.69 Å². The van der Waals surface area contributed by atoms with Gasteiger partial charge in [0.05, 0.1) is 24.8 Å². The van der Waals surface area contributed by atoms with E-state index in [1.807, 2.05) is 32.0 Å². The molecule has 0 saturated carbocycles. The van der Waals surface area contributed by atoms with Gasteiger partial charge in [-0.15, -0.1) is 0 Å². The monoisotopic (exact) mass is 368 g/mol. The van der Waals surface area contributed by atoms with E-state index in [1.165, 1.54) is 10.6 Å². The largest absolute Gasteiger partial charge is 0.378 e. The van der Waals surface area contributed by atoms with Crippen molar-refractivity contribution < 1.29 is 14.3 Å². The molecule has 2 saturated heterocycles. The number of benzene rings is 1. The van der Waals surface area contributed by atoms with Crippen LogP contribution in [-0.2, 0) is 14.3 Å². The standard InChI is InChI=1S/C22H28N2O3/c1-15-7-8-19(16(2)13-15)24-21(25)14-18(22(24)26)17-5-3-4-6-20(17)23-9-11-27-12-10-23/h6-8,13,17-18H,3-5,9-12,14H2,1-2H3/t17-,18+/m0/s1. The predicted molar refractivity (Wildman–Crippen MR) is 104 cm³/mol. The van der Waals surface area contributed by atoms with Crippen molar-refractivity contribution in [1.82, 2.24) is 4.90 Å². The number of carbonyl (C=O) groups is 2. The van der Waals surface area contributed by atoms with Gasteiger partial charge in [-0.1, -0.05) is 23.8 Å². The second-order valence-electron chi connectivity index (χ2n) is 7.93. The predicted octanol–water partition coefficient (Wildman–Crippen LogP) is 3.20. The lowest BCUT2D eigenvalue weighted by molar-refractivity contribution is -0.123. The minimum atomic E-state index is -0.243. The van der Waals surface area contributed by atoms with Crippen LogP contribution in [0.5, 0.6) is 0 Å². The Hall–Kier alpha value is -2.14. The highest BCUT2D eigenvalue weighted by atomic mass is 16.5. The van der Waals surface area contributed by atoms with Crippen molar-refractivity contribution in [1.29, 1.82) is 0 Å². The summed E-state index contributed by atoms with van der Waals surface area (Å²) in [7, 11) is 0. The summed E-state index contributed by atoms with van der Waals surface area (Å²) >= 11 is 0. The molecule has 0 bridgehead atoms. The number of hydrogen-bond donors (Lipinski definition) is 0. The van der Waals surface area contributed by atoms with E-state index in [0.717, 1.165) is 62.4 Å². The third kappa shape index (κ3) is 3.41. The van der Waals surface area contributed by atoms with Gasteiger partial charge in [0, 0.05) is 31.1 Å². The van der Waals surface area contributed by atoms with Gasteiger partial charge in [0.15, 0.2) is 0 Å². The second kappa shape index (κ2) is 7.47. The lowest BCUT2D eigenvalue weighted by atomic mass is 9.80. The van der Waals surface area contributed by atoms with Crippen molar-refractivity contribution in [2.75, 3.05) is 31.2 Å². The van der Waals surface area contributed by atoms with Crippen LogP contribution in [-0.4, -0.2) is 43.0 Å². The molecule has 5 nitrogen and oxygen atoms in total. The van der Waals surface area contributed by atoms with Gasteiger partial charge in [0.1, 0.15) is 0 Å². The lowest BCUT2D eigenvalue weighted by Crippen LogP contribution is -2.41. The number of ether oxygens (including phenoxy) is 1. The van der Waals surface area contributed by atoms with Crippen molar-refractivity contribution in [3.8, 4) is 0 Å². The van der Waals surface area contributed by atoms with Gasteiger partial charge in [0.25, 0.3) is 0 Å². The number of aryl methyl sites for hydroxylation is 2. The van der Waals surface area contributed by atoms with Gasteiger partial charge in [-0.25, -0.2) is 0 Å². The number of amides is 2. The molecule has 4 rings (SSSR count). The van der Waals surface area contributed by atoms with Crippen LogP contribution in [0.15, 0.2) is 30.0 Å². The Kier molecular flexibility index (Phi) is 5.04. The fraction of sp³-hybridized carbons (Fsp3) is 0.545. The molecule has 5 heteroatoms. The van der Waals surface area contributed by atoms with Crippen LogP contribution in [0, 0.1) is 25.7 Å². The van der Waals surface area contributed by atoms with Crippen LogP contribution in [0.3, 0.4) is 0 Å². The summed E-state index contributed by atoms with van der Waals surface area (Å²) in [5.41, 5.74) is 4.12. The summed E-state index contributed by atoms with van der Waals surface area (Å²) in [5, 5.41) is 0. The van der Waals surface area contributed by atoms with Crippen LogP contribution >= 0.6 is 0 Å². The summed E-state index contributed by atoms with van der Waals surface area (Å²) < 4.78 is 5.49. The van der Waals surface area contributed by atoms with Crippen LogP contribution in [0.2, 0.25) is 0 Å². The van der Waals surface area contributed by atoms with Crippen molar-refractivity contribution in [2.45, 2.75) is 39.5 Å². The smallest absolute Gasteiger partial charge is 0.238 e. The molecule has 0 unspecified atom stereocenters. The Labute approximate surface area is 161 Å². The molecule has 144 valence electrons. The molecule has 2 aliphatic heterocycles. The first-order valence-electron chi connectivity index (χ1n) is 10.0. The molecule has 1 aromatic carbocycles. The summed E-state index contributed by atoms with van der Waals surface area (Å²) in [4.78, 5) is 29.9. The highest BCUT2D eigenvalue weighted by Crippen LogP contribution is 2.41. The number of morpholine rings is 1. The zero-order valence-electron chi connectivity index (χ0n) is 16.2. The minimum Gasteiger partial charge on any atom is -0.378 e. The van der Waals surface area contributed by atoms with E-state index in [1.54, 1.807) is 0 Å². The molecule has 0 spiro atoms. The van der Waals surface area contributed by atoms with Gasteiger partial charge in [0.2, 0.25) is 11.8 Å². The average Bonchev–Trinajstić information content (AvgIpc) is 2.97. The molecular formula is C22H28N2O3. The molecule has 0 radical (unpaired) electrons. The summed E-state index contributed by atoms with van der Waals surface area (Å²) in [5.74, 6) is -0.196. The maximum Gasteiger partial charge on any atom is 0.238 e. The van der Waals surface area contributed by atoms with Crippen molar-refractivity contribution in [3.05, 3.63) is 41.1 Å². The topological polar surface area (TPSA) is 49.9 Å². The highest BCUT2D eigenvalue weighted by Gasteiger charge is 2.46. The van der Waals surface area contributed by atoms with E-state index in [2.05, 4.69) is 11.0 Å². The maximum absolute atomic E-state index is 13.3. The van der Waals surface area contributed by atoms with Crippen LogP contribution < -0.4 is 4.90 Å². The van der Waals surface area contributed by atoms with Gasteiger partial charge in [-0.3, -0.25) is 14.5 Å². The average molecular weight is 368 g/mol. The van der Waals surface area contributed by atoms with Crippen LogP contribution in [0.25, 0.3) is 0 Å². The number of nitrogens with zero attached hydrogens (tertiary/aromatic N) is 2. The number of rotatable bonds is 3. The van der Waals surface area contributed by atoms with Crippen molar-refractivity contribution in [2.24, 2.45) is 11.8 Å². The molecule has 0 N–H and O–H groups in total. The van der Waals surface area contributed by atoms with Crippen LogP contribution in [0.1, 0.15) is 36.8 Å². The molecule has 0 aromatic heterocycles. The quantitative estimate of drug-likeness (QED) is 0.769. The van der Waals surface area contributed by atoms with E-state index in [0.29, 0.717) is 6.42 Å². The summed E-state index contributed by atoms with van der Waals surface area (Å²) in [6.07, 6.45) is 5.72. The number of anilines is 1. The molecule has 2 atom stereocenters. The Balaban J connectivity index is 1.60. The van der Waals surface area contributed by atoms with Gasteiger partial charge in [-0.2, -0.15) is 0 Å². The highest BCUT2D eigenvalue weighted by molar-refractivity contribution is 6.21. The van der Waals surface area contributed by atoms with Gasteiger partial charge < -0.3 is 9.64 Å². The van der Waals surface area contributed by atoms with E-state index in [-0.39, 0.29) is 23.7 Å². The first-order valence-corrected chi connectivity index (χ1v) is 10.0.